The van der Waals surface area contributed by atoms with Crippen LogP contribution in [0, 0.1) is 0 Å². The molecule has 1 atom stereocenters. The summed E-state index contributed by atoms with van der Waals surface area (Å²) in [4.78, 5) is 44.5. The van der Waals surface area contributed by atoms with Crippen molar-refractivity contribution in [3.05, 3.63) is 38.2 Å². The van der Waals surface area contributed by atoms with E-state index in [0.717, 1.165) is 19.4 Å². The molecule has 2 aromatic heterocycles. The van der Waals surface area contributed by atoms with Crippen LogP contribution < -0.4 is 21.9 Å². The van der Waals surface area contributed by atoms with Crippen LogP contribution in [0.15, 0.2) is 15.7 Å². The minimum Gasteiger partial charge on any atom is -0.350 e. The molecule has 0 radical (unpaired) electrons. The molecular weight excluding hydrogens is 346 g/mol. The van der Waals surface area contributed by atoms with Crippen LogP contribution in [0.25, 0.3) is 11.0 Å². The lowest BCUT2D eigenvalue weighted by molar-refractivity contribution is 0.0951. The van der Waals surface area contributed by atoms with Gasteiger partial charge in [0.2, 0.25) is 0 Å². The second-order valence-corrected chi connectivity index (χ2v) is 7.36. The number of hydrogen-bond donors (Lipinski definition) is 3. The van der Waals surface area contributed by atoms with Crippen LogP contribution in [0.2, 0.25) is 0 Å². The number of nitrogens with zero attached hydrogens (tertiary/aromatic N) is 2. The fourth-order valence-corrected chi connectivity index (χ4v) is 3.44. The number of carbonyl (C=O) groups is 1. The summed E-state index contributed by atoms with van der Waals surface area (Å²) < 4.78 is 1.44. The fourth-order valence-electron chi connectivity index (χ4n) is 3.44. The molecule has 8 nitrogen and oxygen atoms in total. The van der Waals surface area contributed by atoms with Crippen molar-refractivity contribution in [2.75, 3.05) is 13.1 Å². The Bertz CT molecular complexity index is 954. The highest BCUT2D eigenvalue weighted by Crippen LogP contribution is 2.20. The van der Waals surface area contributed by atoms with Crippen molar-refractivity contribution < 1.29 is 4.79 Å². The lowest BCUT2D eigenvalue weighted by Crippen LogP contribution is -2.38. The van der Waals surface area contributed by atoms with Gasteiger partial charge in [-0.3, -0.25) is 19.1 Å². The molecule has 2 aromatic rings. The van der Waals surface area contributed by atoms with E-state index in [-0.39, 0.29) is 34.5 Å². The van der Waals surface area contributed by atoms with Crippen molar-refractivity contribution in [1.29, 1.82) is 0 Å². The number of aryl methyl sites for hydroxylation is 1. The SMILES string of the molecule is CCCn1c(=O)[nH]c(=O)c2c(C(=O)NCC3CCCN3)cc(C(C)C)nc21. The second kappa shape index (κ2) is 8.04. The maximum atomic E-state index is 12.9. The molecule has 0 bridgehead atoms. The standard InChI is InChI=1S/C19H27N5O3/c1-4-8-24-16-15(18(26)23-19(24)27)13(9-14(22-16)11(2)3)17(25)21-10-12-6-5-7-20-12/h9,11-12,20H,4-8,10H2,1-3H3,(H,21,25)(H,23,26,27). The molecule has 0 saturated carbocycles. The van der Waals surface area contributed by atoms with E-state index in [1.165, 1.54) is 4.57 Å². The van der Waals surface area contributed by atoms with Crippen molar-refractivity contribution in [3.8, 4) is 0 Å². The molecule has 1 unspecified atom stereocenters. The normalized spacial score (nSPS) is 17.0. The van der Waals surface area contributed by atoms with E-state index in [2.05, 4.69) is 20.6 Å². The quantitative estimate of drug-likeness (QED) is 0.703. The Kier molecular flexibility index (Phi) is 5.74. The van der Waals surface area contributed by atoms with Gasteiger partial charge in [0.05, 0.1) is 10.9 Å². The smallest absolute Gasteiger partial charge is 0.329 e. The van der Waals surface area contributed by atoms with E-state index in [4.69, 9.17) is 0 Å². The zero-order valence-electron chi connectivity index (χ0n) is 16.1. The van der Waals surface area contributed by atoms with Gasteiger partial charge in [0.1, 0.15) is 0 Å². The predicted octanol–water partition coefficient (Wildman–Crippen LogP) is 1.10. The molecule has 0 spiro atoms. The number of fused-ring (bicyclic) bond motifs is 1. The summed E-state index contributed by atoms with van der Waals surface area (Å²) in [5.74, 6) is -0.257. The van der Waals surface area contributed by atoms with Crippen LogP contribution in [0.4, 0.5) is 0 Å². The molecule has 1 aliphatic rings. The average molecular weight is 373 g/mol. The van der Waals surface area contributed by atoms with Gasteiger partial charge in [0.15, 0.2) is 5.65 Å². The van der Waals surface area contributed by atoms with Crippen LogP contribution in [-0.4, -0.2) is 39.6 Å². The zero-order chi connectivity index (χ0) is 19.6. The average Bonchev–Trinajstić information content (AvgIpc) is 3.15. The van der Waals surface area contributed by atoms with Gasteiger partial charge in [0, 0.05) is 24.8 Å². The van der Waals surface area contributed by atoms with Crippen LogP contribution in [0.3, 0.4) is 0 Å². The maximum Gasteiger partial charge on any atom is 0.329 e. The van der Waals surface area contributed by atoms with Gasteiger partial charge < -0.3 is 10.6 Å². The van der Waals surface area contributed by atoms with E-state index in [0.29, 0.717) is 25.2 Å². The zero-order valence-corrected chi connectivity index (χ0v) is 16.1. The Labute approximate surface area is 157 Å². The van der Waals surface area contributed by atoms with E-state index in [1.807, 2.05) is 20.8 Å². The molecule has 146 valence electrons. The summed E-state index contributed by atoms with van der Waals surface area (Å²) in [5.41, 5.74) is 0.161. The highest BCUT2D eigenvalue weighted by Gasteiger charge is 2.21. The maximum absolute atomic E-state index is 12.9. The van der Waals surface area contributed by atoms with Crippen LogP contribution in [0.5, 0.6) is 0 Å². The monoisotopic (exact) mass is 373 g/mol. The lowest BCUT2D eigenvalue weighted by Gasteiger charge is -2.16. The van der Waals surface area contributed by atoms with Crippen molar-refractivity contribution in [3.63, 3.8) is 0 Å². The topological polar surface area (TPSA) is 109 Å². The van der Waals surface area contributed by atoms with E-state index >= 15 is 0 Å². The molecule has 3 rings (SSSR count). The van der Waals surface area contributed by atoms with Gasteiger partial charge in [0.25, 0.3) is 11.5 Å². The van der Waals surface area contributed by atoms with Gasteiger partial charge in [-0.15, -0.1) is 0 Å². The highest BCUT2D eigenvalue weighted by atomic mass is 16.2. The number of hydrogen-bond acceptors (Lipinski definition) is 5. The first-order valence-electron chi connectivity index (χ1n) is 9.61. The summed E-state index contributed by atoms with van der Waals surface area (Å²) >= 11 is 0. The number of H-pyrrole nitrogens is 1. The molecule has 3 heterocycles. The van der Waals surface area contributed by atoms with Gasteiger partial charge in [-0.2, -0.15) is 0 Å². The van der Waals surface area contributed by atoms with Crippen molar-refractivity contribution >= 4 is 16.9 Å². The van der Waals surface area contributed by atoms with Crippen LogP contribution in [0.1, 0.15) is 62.0 Å². The van der Waals surface area contributed by atoms with E-state index < -0.39 is 11.2 Å². The van der Waals surface area contributed by atoms with Gasteiger partial charge in [-0.1, -0.05) is 20.8 Å². The molecule has 0 aromatic carbocycles. The van der Waals surface area contributed by atoms with Gasteiger partial charge in [-0.05, 0) is 37.8 Å². The molecular formula is C19H27N5O3. The second-order valence-electron chi connectivity index (χ2n) is 7.36. The Morgan fingerprint density at radius 2 is 2.19 bits per heavy atom. The minimum absolute atomic E-state index is 0.0573. The molecule has 3 N–H and O–H groups in total. The van der Waals surface area contributed by atoms with Crippen molar-refractivity contribution in [1.82, 2.24) is 25.2 Å². The summed E-state index contributed by atoms with van der Waals surface area (Å²) in [6, 6.07) is 1.92. The lowest BCUT2D eigenvalue weighted by atomic mass is 10.0. The van der Waals surface area contributed by atoms with E-state index in [9.17, 15) is 14.4 Å². The number of aromatic nitrogens is 3. The van der Waals surface area contributed by atoms with Gasteiger partial charge in [-0.25, -0.2) is 9.78 Å². The minimum atomic E-state index is -0.575. The third kappa shape index (κ3) is 3.95. The first-order valence-corrected chi connectivity index (χ1v) is 9.61. The predicted molar refractivity (Wildman–Crippen MR) is 104 cm³/mol. The summed E-state index contributed by atoms with van der Waals surface area (Å²) in [7, 11) is 0. The number of carbonyl (C=O) groups excluding carboxylic acids is 1. The summed E-state index contributed by atoms with van der Waals surface area (Å²) in [5, 5.41) is 6.43. The Balaban J connectivity index is 2.12. The first kappa shape index (κ1) is 19.3. The first-order chi connectivity index (χ1) is 12.9. The number of amides is 1. The van der Waals surface area contributed by atoms with E-state index in [1.54, 1.807) is 6.07 Å². The Morgan fingerprint density at radius 3 is 2.81 bits per heavy atom. The molecule has 0 aliphatic carbocycles. The van der Waals surface area contributed by atoms with Crippen molar-refractivity contribution in [2.24, 2.45) is 0 Å². The number of nitrogens with one attached hydrogen (secondary N) is 3. The van der Waals surface area contributed by atoms with Crippen molar-refractivity contribution in [2.45, 2.75) is 58.5 Å². The summed E-state index contributed by atoms with van der Waals surface area (Å²) in [6.07, 6.45) is 2.83. The third-order valence-corrected chi connectivity index (χ3v) is 4.92. The number of pyridine rings is 1. The number of aromatic amines is 1. The molecule has 1 amide bonds. The Hall–Kier alpha value is -2.48. The van der Waals surface area contributed by atoms with Crippen LogP contribution in [-0.2, 0) is 6.54 Å². The third-order valence-electron chi connectivity index (χ3n) is 4.92. The molecule has 1 aliphatic heterocycles. The molecule has 27 heavy (non-hydrogen) atoms. The number of rotatable bonds is 6. The Morgan fingerprint density at radius 1 is 1.41 bits per heavy atom. The molecule has 1 fully saturated rings. The highest BCUT2D eigenvalue weighted by molar-refractivity contribution is 6.05. The van der Waals surface area contributed by atoms with Gasteiger partial charge >= 0.3 is 5.69 Å². The molecule has 1 saturated heterocycles. The molecule has 8 heteroatoms. The van der Waals surface area contributed by atoms with Crippen LogP contribution >= 0.6 is 0 Å². The largest absolute Gasteiger partial charge is 0.350 e. The fraction of sp³-hybridized carbons (Fsp3) is 0.579. The summed E-state index contributed by atoms with van der Waals surface area (Å²) in [6.45, 7) is 7.76.